The summed E-state index contributed by atoms with van der Waals surface area (Å²) in [5.41, 5.74) is 1.23. The highest BCUT2D eigenvalue weighted by Gasteiger charge is 2.19. The highest BCUT2D eigenvalue weighted by Crippen LogP contribution is 2.25. The van der Waals surface area contributed by atoms with E-state index < -0.39 is 0 Å². The largest absolute Gasteiger partial charge is 0.320 e. The smallest absolute Gasteiger partial charge is 0.0451 e. The van der Waals surface area contributed by atoms with E-state index in [1.807, 2.05) is 19.2 Å². The Bertz CT molecular complexity index is 403. The van der Waals surface area contributed by atoms with Crippen LogP contribution < -0.4 is 5.32 Å². The molecule has 0 aromatic heterocycles. The van der Waals surface area contributed by atoms with Crippen LogP contribution in [0.25, 0.3) is 0 Å². The van der Waals surface area contributed by atoms with Gasteiger partial charge >= 0.3 is 0 Å². The van der Waals surface area contributed by atoms with Crippen LogP contribution in [-0.2, 0) is 6.54 Å². The number of hydrogen-bond donors (Lipinski definition) is 1. The van der Waals surface area contributed by atoms with Crippen molar-refractivity contribution in [3.63, 3.8) is 0 Å². The standard InChI is InChI=1S/C15H22BrClN2/c1-18-7-4-12-5-8-19(9-6-12)11-13-10-14(16)2-3-15(13)17/h2-3,10,12,18H,4-9,11H2,1H3. The van der Waals surface area contributed by atoms with Crippen molar-refractivity contribution in [2.45, 2.75) is 25.8 Å². The topological polar surface area (TPSA) is 15.3 Å². The first-order valence-corrected chi connectivity index (χ1v) is 8.17. The Morgan fingerprint density at radius 3 is 2.79 bits per heavy atom. The number of piperidine rings is 1. The van der Waals surface area contributed by atoms with Crippen molar-refractivity contribution in [3.05, 3.63) is 33.3 Å². The summed E-state index contributed by atoms with van der Waals surface area (Å²) in [5, 5.41) is 4.12. The molecule has 0 aliphatic carbocycles. The Morgan fingerprint density at radius 1 is 1.37 bits per heavy atom. The van der Waals surface area contributed by atoms with Gasteiger partial charge in [-0.05, 0) is 75.6 Å². The molecule has 0 saturated carbocycles. The molecule has 0 bridgehead atoms. The fourth-order valence-corrected chi connectivity index (χ4v) is 3.27. The van der Waals surface area contributed by atoms with Gasteiger partial charge in [-0.1, -0.05) is 27.5 Å². The number of nitrogens with one attached hydrogen (secondary N) is 1. The fourth-order valence-electron chi connectivity index (χ4n) is 2.69. The summed E-state index contributed by atoms with van der Waals surface area (Å²) in [5.74, 6) is 0.890. The minimum absolute atomic E-state index is 0.875. The molecule has 1 aromatic rings. The average molecular weight is 346 g/mol. The number of nitrogens with zero attached hydrogens (tertiary/aromatic N) is 1. The maximum atomic E-state index is 6.26. The molecule has 2 nitrogen and oxygen atoms in total. The third kappa shape index (κ3) is 4.75. The van der Waals surface area contributed by atoms with Crippen molar-refractivity contribution < 1.29 is 0 Å². The van der Waals surface area contributed by atoms with E-state index >= 15 is 0 Å². The summed E-state index contributed by atoms with van der Waals surface area (Å²) in [6, 6.07) is 6.10. The lowest BCUT2D eigenvalue weighted by Gasteiger charge is -2.32. The Kier molecular flexibility index (Phi) is 6.14. The van der Waals surface area contributed by atoms with E-state index in [1.54, 1.807) is 0 Å². The highest BCUT2D eigenvalue weighted by atomic mass is 79.9. The Labute approximate surface area is 129 Å². The van der Waals surface area contributed by atoms with Crippen molar-refractivity contribution in [2.24, 2.45) is 5.92 Å². The molecule has 1 N–H and O–H groups in total. The monoisotopic (exact) mass is 344 g/mol. The normalized spacial score (nSPS) is 17.8. The molecule has 1 heterocycles. The van der Waals surface area contributed by atoms with Gasteiger partial charge in [0.25, 0.3) is 0 Å². The Hall–Kier alpha value is -0.0900. The first-order chi connectivity index (χ1) is 9.19. The van der Waals surface area contributed by atoms with E-state index in [9.17, 15) is 0 Å². The van der Waals surface area contributed by atoms with Crippen molar-refractivity contribution in [2.75, 3.05) is 26.7 Å². The quantitative estimate of drug-likeness (QED) is 0.870. The van der Waals surface area contributed by atoms with E-state index in [0.717, 1.165) is 28.5 Å². The van der Waals surface area contributed by atoms with Gasteiger partial charge in [0.05, 0.1) is 0 Å². The summed E-state index contributed by atoms with van der Waals surface area (Å²) in [4.78, 5) is 2.52. The van der Waals surface area contributed by atoms with Crippen LogP contribution in [0.5, 0.6) is 0 Å². The second-order valence-electron chi connectivity index (χ2n) is 5.35. The van der Waals surface area contributed by atoms with E-state index in [2.05, 4.69) is 32.2 Å². The minimum Gasteiger partial charge on any atom is -0.320 e. The van der Waals surface area contributed by atoms with Gasteiger partial charge in [0.15, 0.2) is 0 Å². The predicted octanol–water partition coefficient (Wildman–Crippen LogP) is 3.92. The maximum absolute atomic E-state index is 6.26. The van der Waals surface area contributed by atoms with Gasteiger partial charge in [-0.3, -0.25) is 4.90 Å². The van der Waals surface area contributed by atoms with Gasteiger partial charge in [-0.15, -0.1) is 0 Å². The Morgan fingerprint density at radius 2 is 2.11 bits per heavy atom. The van der Waals surface area contributed by atoms with Crippen LogP contribution in [0.1, 0.15) is 24.8 Å². The van der Waals surface area contributed by atoms with E-state index in [-0.39, 0.29) is 0 Å². The summed E-state index contributed by atoms with van der Waals surface area (Å²) in [6.45, 7) is 4.49. The molecule has 4 heteroatoms. The molecule has 1 aliphatic rings. The zero-order chi connectivity index (χ0) is 13.7. The molecule has 106 valence electrons. The molecular formula is C15H22BrClN2. The molecule has 0 radical (unpaired) electrons. The lowest BCUT2D eigenvalue weighted by molar-refractivity contribution is 0.172. The van der Waals surface area contributed by atoms with Gasteiger partial charge < -0.3 is 5.32 Å². The van der Waals surface area contributed by atoms with Crippen molar-refractivity contribution >= 4 is 27.5 Å². The minimum atomic E-state index is 0.875. The van der Waals surface area contributed by atoms with Gasteiger partial charge in [-0.25, -0.2) is 0 Å². The first-order valence-electron chi connectivity index (χ1n) is 7.00. The summed E-state index contributed by atoms with van der Waals surface area (Å²) < 4.78 is 1.11. The SMILES string of the molecule is CNCCC1CCN(Cc2cc(Br)ccc2Cl)CC1. The third-order valence-electron chi connectivity index (χ3n) is 3.91. The van der Waals surface area contributed by atoms with Crippen molar-refractivity contribution in [3.8, 4) is 0 Å². The van der Waals surface area contributed by atoms with E-state index in [0.29, 0.717) is 0 Å². The van der Waals surface area contributed by atoms with Crippen LogP contribution in [0.2, 0.25) is 5.02 Å². The van der Waals surface area contributed by atoms with Gasteiger partial charge in [0.2, 0.25) is 0 Å². The van der Waals surface area contributed by atoms with Crippen LogP contribution in [-0.4, -0.2) is 31.6 Å². The maximum Gasteiger partial charge on any atom is 0.0451 e. The van der Waals surface area contributed by atoms with Crippen molar-refractivity contribution in [1.29, 1.82) is 0 Å². The van der Waals surface area contributed by atoms with Crippen LogP contribution in [0, 0.1) is 5.92 Å². The zero-order valence-electron chi connectivity index (χ0n) is 11.5. The summed E-state index contributed by atoms with van der Waals surface area (Å²) in [7, 11) is 2.03. The second kappa shape index (κ2) is 7.63. The predicted molar refractivity (Wildman–Crippen MR) is 85.7 cm³/mol. The number of halogens is 2. The van der Waals surface area contributed by atoms with Gasteiger partial charge in [0.1, 0.15) is 0 Å². The molecule has 0 amide bonds. The van der Waals surface area contributed by atoms with Crippen molar-refractivity contribution in [1.82, 2.24) is 10.2 Å². The fraction of sp³-hybridized carbons (Fsp3) is 0.600. The molecule has 1 aliphatic heterocycles. The Balaban J connectivity index is 1.83. The molecule has 1 fully saturated rings. The van der Waals surface area contributed by atoms with Crippen LogP contribution in [0.3, 0.4) is 0 Å². The van der Waals surface area contributed by atoms with Gasteiger partial charge in [-0.2, -0.15) is 0 Å². The molecule has 1 saturated heterocycles. The zero-order valence-corrected chi connectivity index (χ0v) is 13.8. The van der Waals surface area contributed by atoms with E-state index in [1.165, 1.54) is 37.9 Å². The highest BCUT2D eigenvalue weighted by molar-refractivity contribution is 9.10. The molecular weight excluding hydrogens is 324 g/mol. The van der Waals surface area contributed by atoms with Crippen LogP contribution >= 0.6 is 27.5 Å². The number of hydrogen-bond acceptors (Lipinski definition) is 2. The first kappa shape index (κ1) is 15.3. The second-order valence-corrected chi connectivity index (χ2v) is 6.67. The molecule has 2 rings (SSSR count). The van der Waals surface area contributed by atoms with Crippen LogP contribution in [0.4, 0.5) is 0 Å². The van der Waals surface area contributed by atoms with Gasteiger partial charge in [0, 0.05) is 16.0 Å². The summed E-state index contributed by atoms with van der Waals surface area (Å²) in [6.07, 6.45) is 3.93. The number of likely N-dealkylation sites (tertiary alicyclic amines) is 1. The molecule has 0 spiro atoms. The lowest BCUT2D eigenvalue weighted by Crippen LogP contribution is -2.34. The number of benzene rings is 1. The molecule has 0 unspecified atom stereocenters. The number of rotatable bonds is 5. The third-order valence-corrected chi connectivity index (χ3v) is 4.77. The molecule has 19 heavy (non-hydrogen) atoms. The summed E-state index contributed by atoms with van der Waals surface area (Å²) >= 11 is 9.77. The molecule has 0 atom stereocenters. The van der Waals surface area contributed by atoms with Crippen LogP contribution in [0.15, 0.2) is 22.7 Å². The lowest BCUT2D eigenvalue weighted by atomic mass is 9.93. The molecule has 1 aromatic carbocycles. The average Bonchev–Trinajstić information content (AvgIpc) is 2.42. The van der Waals surface area contributed by atoms with E-state index in [4.69, 9.17) is 11.6 Å².